The van der Waals surface area contributed by atoms with Crippen LogP contribution in [0.3, 0.4) is 0 Å². The van der Waals surface area contributed by atoms with E-state index in [9.17, 15) is 4.79 Å². The van der Waals surface area contributed by atoms with Gasteiger partial charge in [0.15, 0.2) is 11.5 Å². The Hall–Kier alpha value is -1.75. The number of carbonyl (C=O) groups excluding carboxylic acids is 1. The molecule has 0 heterocycles. The number of amides is 1. The van der Waals surface area contributed by atoms with Crippen molar-refractivity contribution in [1.29, 1.82) is 0 Å². The van der Waals surface area contributed by atoms with Gasteiger partial charge in [-0.05, 0) is 24.6 Å². The van der Waals surface area contributed by atoms with Crippen molar-refractivity contribution in [3.63, 3.8) is 0 Å². The molecule has 0 spiro atoms. The molecule has 0 atom stereocenters. The Morgan fingerprint density at radius 1 is 1.39 bits per heavy atom. The number of hydrogen-bond donors (Lipinski definition) is 2. The number of ether oxygens (including phenoxy) is 2. The van der Waals surface area contributed by atoms with Crippen molar-refractivity contribution < 1.29 is 14.3 Å². The van der Waals surface area contributed by atoms with E-state index >= 15 is 0 Å². The molecule has 0 radical (unpaired) electrons. The second-order valence-electron chi connectivity index (χ2n) is 3.74. The Bertz CT molecular complexity index is 394. The quantitative estimate of drug-likeness (QED) is 0.761. The third-order valence-corrected chi connectivity index (χ3v) is 2.42. The van der Waals surface area contributed by atoms with Crippen molar-refractivity contribution in [1.82, 2.24) is 5.32 Å². The lowest BCUT2D eigenvalue weighted by atomic mass is 10.2. The monoisotopic (exact) mass is 252 g/mol. The largest absolute Gasteiger partial charge is 0.493 e. The van der Waals surface area contributed by atoms with Crippen LogP contribution in [-0.2, 0) is 11.3 Å². The number of methoxy groups -OCH3 is 1. The minimum absolute atomic E-state index is 0.0185. The van der Waals surface area contributed by atoms with Gasteiger partial charge in [-0.3, -0.25) is 4.79 Å². The molecule has 0 aromatic heterocycles. The van der Waals surface area contributed by atoms with E-state index < -0.39 is 0 Å². The maximum absolute atomic E-state index is 11.2. The highest BCUT2D eigenvalue weighted by molar-refractivity contribution is 5.75. The molecule has 5 nitrogen and oxygen atoms in total. The number of benzene rings is 1. The first-order chi connectivity index (χ1) is 8.71. The van der Waals surface area contributed by atoms with Gasteiger partial charge in [-0.25, -0.2) is 0 Å². The average Bonchev–Trinajstić information content (AvgIpc) is 2.39. The van der Waals surface area contributed by atoms with Crippen molar-refractivity contribution in [3.8, 4) is 11.5 Å². The molecule has 100 valence electrons. The Kier molecular flexibility index (Phi) is 6.00. The highest BCUT2D eigenvalue weighted by Gasteiger charge is 2.06. The SMILES string of the molecule is CCNC(=O)CCOc1ccc(CN)cc1OC. The van der Waals surface area contributed by atoms with Gasteiger partial charge in [-0.15, -0.1) is 0 Å². The topological polar surface area (TPSA) is 73.6 Å². The highest BCUT2D eigenvalue weighted by atomic mass is 16.5. The van der Waals surface area contributed by atoms with Crippen LogP contribution < -0.4 is 20.5 Å². The molecule has 1 amide bonds. The average molecular weight is 252 g/mol. The summed E-state index contributed by atoms with van der Waals surface area (Å²) in [6.45, 7) is 3.29. The van der Waals surface area contributed by atoms with E-state index in [1.54, 1.807) is 13.2 Å². The molecule has 0 saturated heterocycles. The summed E-state index contributed by atoms with van der Waals surface area (Å²) in [5.74, 6) is 1.24. The smallest absolute Gasteiger partial charge is 0.223 e. The number of rotatable bonds is 7. The van der Waals surface area contributed by atoms with Gasteiger partial charge in [0.1, 0.15) is 0 Å². The van der Waals surface area contributed by atoms with Gasteiger partial charge in [0.25, 0.3) is 0 Å². The minimum Gasteiger partial charge on any atom is -0.493 e. The van der Waals surface area contributed by atoms with Crippen LogP contribution in [0.2, 0.25) is 0 Å². The molecule has 0 aliphatic rings. The number of nitrogens with two attached hydrogens (primary N) is 1. The summed E-state index contributed by atoms with van der Waals surface area (Å²) in [5, 5.41) is 2.71. The molecule has 5 heteroatoms. The lowest BCUT2D eigenvalue weighted by molar-refractivity contribution is -0.121. The molecule has 1 rings (SSSR count). The van der Waals surface area contributed by atoms with Crippen LogP contribution in [0.1, 0.15) is 18.9 Å². The van der Waals surface area contributed by atoms with E-state index in [0.29, 0.717) is 37.6 Å². The molecular formula is C13H20N2O3. The van der Waals surface area contributed by atoms with Crippen LogP contribution in [0.15, 0.2) is 18.2 Å². The van der Waals surface area contributed by atoms with E-state index in [0.717, 1.165) is 5.56 Å². The summed E-state index contributed by atoms with van der Waals surface area (Å²) in [6, 6.07) is 5.52. The third-order valence-electron chi connectivity index (χ3n) is 2.42. The summed E-state index contributed by atoms with van der Waals surface area (Å²) in [5.41, 5.74) is 6.52. The van der Waals surface area contributed by atoms with Crippen molar-refractivity contribution in [2.45, 2.75) is 19.9 Å². The van der Waals surface area contributed by atoms with Gasteiger partial charge < -0.3 is 20.5 Å². The van der Waals surface area contributed by atoms with Crippen LogP contribution in [0.4, 0.5) is 0 Å². The Morgan fingerprint density at radius 3 is 2.78 bits per heavy atom. The molecule has 0 saturated carbocycles. The minimum atomic E-state index is -0.0185. The molecule has 0 aliphatic heterocycles. The molecule has 0 unspecified atom stereocenters. The van der Waals surface area contributed by atoms with E-state index in [1.807, 2.05) is 19.1 Å². The molecule has 0 aliphatic carbocycles. The summed E-state index contributed by atoms with van der Waals surface area (Å²) in [4.78, 5) is 11.2. The van der Waals surface area contributed by atoms with E-state index in [4.69, 9.17) is 15.2 Å². The predicted octanol–water partition coefficient (Wildman–Crippen LogP) is 1.06. The van der Waals surface area contributed by atoms with Gasteiger partial charge in [-0.2, -0.15) is 0 Å². The van der Waals surface area contributed by atoms with Crippen LogP contribution >= 0.6 is 0 Å². The van der Waals surface area contributed by atoms with Crippen molar-refractivity contribution >= 4 is 5.91 Å². The molecule has 0 fully saturated rings. The first-order valence-electron chi connectivity index (χ1n) is 5.97. The summed E-state index contributed by atoms with van der Waals surface area (Å²) in [7, 11) is 1.58. The Balaban J connectivity index is 2.53. The maximum Gasteiger partial charge on any atom is 0.223 e. The van der Waals surface area contributed by atoms with Crippen molar-refractivity contribution in [3.05, 3.63) is 23.8 Å². The van der Waals surface area contributed by atoms with E-state index in [-0.39, 0.29) is 5.91 Å². The fourth-order valence-corrected chi connectivity index (χ4v) is 1.50. The second-order valence-corrected chi connectivity index (χ2v) is 3.74. The van der Waals surface area contributed by atoms with Gasteiger partial charge in [0.2, 0.25) is 5.91 Å². The Morgan fingerprint density at radius 2 is 2.17 bits per heavy atom. The standard InChI is InChI=1S/C13H20N2O3/c1-3-15-13(16)6-7-18-11-5-4-10(9-14)8-12(11)17-2/h4-5,8H,3,6-7,9,14H2,1-2H3,(H,15,16). The molecule has 18 heavy (non-hydrogen) atoms. The summed E-state index contributed by atoms with van der Waals surface area (Å²) < 4.78 is 10.7. The number of nitrogens with one attached hydrogen (secondary N) is 1. The normalized spacial score (nSPS) is 9.94. The lowest BCUT2D eigenvalue weighted by Crippen LogP contribution is -2.24. The molecule has 3 N–H and O–H groups in total. The summed E-state index contributed by atoms with van der Waals surface area (Å²) >= 11 is 0. The lowest BCUT2D eigenvalue weighted by Gasteiger charge is -2.11. The van der Waals surface area contributed by atoms with Crippen molar-refractivity contribution in [2.24, 2.45) is 5.73 Å². The maximum atomic E-state index is 11.2. The first kappa shape index (κ1) is 14.3. The zero-order valence-electron chi connectivity index (χ0n) is 10.9. The molecule has 0 bridgehead atoms. The van der Waals surface area contributed by atoms with Gasteiger partial charge >= 0.3 is 0 Å². The van der Waals surface area contributed by atoms with E-state index in [2.05, 4.69) is 5.32 Å². The number of hydrogen-bond acceptors (Lipinski definition) is 4. The fourth-order valence-electron chi connectivity index (χ4n) is 1.50. The number of carbonyl (C=O) groups is 1. The molecule has 1 aromatic rings. The van der Waals surface area contributed by atoms with Gasteiger partial charge in [-0.1, -0.05) is 6.07 Å². The van der Waals surface area contributed by atoms with Gasteiger partial charge in [0.05, 0.1) is 20.1 Å². The van der Waals surface area contributed by atoms with Crippen molar-refractivity contribution in [2.75, 3.05) is 20.3 Å². The highest BCUT2D eigenvalue weighted by Crippen LogP contribution is 2.27. The van der Waals surface area contributed by atoms with Crippen LogP contribution in [0.5, 0.6) is 11.5 Å². The zero-order chi connectivity index (χ0) is 13.4. The first-order valence-corrected chi connectivity index (χ1v) is 5.97. The fraction of sp³-hybridized carbons (Fsp3) is 0.462. The Labute approximate surface area is 107 Å². The van der Waals surface area contributed by atoms with E-state index in [1.165, 1.54) is 0 Å². The molecular weight excluding hydrogens is 232 g/mol. The third kappa shape index (κ3) is 4.25. The van der Waals surface area contributed by atoms with Crippen LogP contribution in [0.25, 0.3) is 0 Å². The van der Waals surface area contributed by atoms with Gasteiger partial charge in [0, 0.05) is 13.1 Å². The predicted molar refractivity (Wildman–Crippen MR) is 69.7 cm³/mol. The van der Waals surface area contributed by atoms with Crippen LogP contribution in [0, 0.1) is 0 Å². The second kappa shape index (κ2) is 7.55. The zero-order valence-corrected chi connectivity index (χ0v) is 10.9. The molecule has 1 aromatic carbocycles. The summed E-state index contributed by atoms with van der Waals surface area (Å²) in [6.07, 6.45) is 0.329. The van der Waals surface area contributed by atoms with Crippen LogP contribution in [-0.4, -0.2) is 26.2 Å².